The van der Waals surface area contributed by atoms with Crippen LogP contribution in [0.4, 0.5) is 4.39 Å². The molecule has 5 nitrogen and oxygen atoms in total. The van der Waals surface area contributed by atoms with Crippen LogP contribution in [0.15, 0.2) is 18.2 Å². The van der Waals surface area contributed by atoms with Crippen molar-refractivity contribution in [2.45, 2.75) is 19.1 Å². The van der Waals surface area contributed by atoms with Crippen LogP contribution in [-0.2, 0) is 0 Å². The zero-order valence-electron chi connectivity index (χ0n) is 9.17. The summed E-state index contributed by atoms with van der Waals surface area (Å²) in [6.07, 6.45) is -1.10. The molecule has 0 saturated heterocycles. The molecular formula is C11H12FNO4. The van der Waals surface area contributed by atoms with Gasteiger partial charge in [-0.1, -0.05) is 6.92 Å². The Morgan fingerprint density at radius 3 is 2.94 bits per heavy atom. The highest BCUT2D eigenvalue weighted by atomic mass is 19.1. The first kappa shape index (κ1) is 11.8. The van der Waals surface area contributed by atoms with E-state index in [-0.39, 0.29) is 6.54 Å². The lowest BCUT2D eigenvalue weighted by atomic mass is 9.84. The van der Waals surface area contributed by atoms with Gasteiger partial charge >= 0.3 is 0 Å². The molecule has 0 radical (unpaired) electrons. The highest BCUT2D eigenvalue weighted by Crippen LogP contribution is 2.39. The van der Waals surface area contributed by atoms with Crippen LogP contribution in [0.3, 0.4) is 0 Å². The van der Waals surface area contributed by atoms with E-state index in [1.165, 1.54) is 18.2 Å². The molecule has 1 N–H and O–H groups in total. The Kier molecular flexibility index (Phi) is 2.97. The van der Waals surface area contributed by atoms with Crippen LogP contribution in [0.2, 0.25) is 0 Å². The first-order chi connectivity index (χ1) is 7.99. The maximum atomic E-state index is 13.1. The summed E-state index contributed by atoms with van der Waals surface area (Å²) in [6, 6.07) is 3.81. The smallest absolute Gasteiger partial charge is 0.211 e. The molecule has 0 bridgehead atoms. The predicted octanol–water partition coefficient (Wildman–Crippen LogP) is 1.53. The number of fused-ring (bicyclic) bond motifs is 1. The van der Waals surface area contributed by atoms with Crippen molar-refractivity contribution < 1.29 is 19.2 Å². The van der Waals surface area contributed by atoms with Crippen LogP contribution < -0.4 is 4.74 Å². The van der Waals surface area contributed by atoms with E-state index in [1.807, 2.05) is 0 Å². The number of nitrogens with zero attached hydrogens (tertiary/aromatic N) is 1. The minimum atomic E-state index is -1.10. The van der Waals surface area contributed by atoms with E-state index >= 15 is 0 Å². The van der Waals surface area contributed by atoms with Gasteiger partial charge in [0.05, 0.1) is 5.92 Å². The Bertz CT molecular complexity index is 451. The molecule has 0 spiro atoms. The van der Waals surface area contributed by atoms with Crippen molar-refractivity contribution in [3.8, 4) is 5.75 Å². The molecular weight excluding hydrogens is 229 g/mol. The molecule has 0 saturated carbocycles. The van der Waals surface area contributed by atoms with E-state index < -0.39 is 28.9 Å². The number of aliphatic hydroxyl groups excluding tert-OH is 1. The monoisotopic (exact) mass is 241 g/mol. The summed E-state index contributed by atoms with van der Waals surface area (Å²) in [7, 11) is 0. The number of nitro groups is 1. The van der Waals surface area contributed by atoms with Crippen molar-refractivity contribution in [1.82, 2.24) is 0 Å². The summed E-state index contributed by atoms with van der Waals surface area (Å²) in [5.74, 6) is -1.15. The summed E-state index contributed by atoms with van der Waals surface area (Å²) in [4.78, 5) is 10.1. The molecule has 1 aliphatic rings. The van der Waals surface area contributed by atoms with Gasteiger partial charge in [0.25, 0.3) is 0 Å². The van der Waals surface area contributed by atoms with Crippen molar-refractivity contribution in [1.29, 1.82) is 0 Å². The van der Waals surface area contributed by atoms with Crippen molar-refractivity contribution >= 4 is 0 Å². The fraction of sp³-hybridized carbons (Fsp3) is 0.455. The molecule has 3 atom stereocenters. The second-order valence-corrected chi connectivity index (χ2v) is 4.17. The molecule has 2 rings (SSSR count). The molecule has 1 heterocycles. The highest BCUT2D eigenvalue weighted by Gasteiger charge is 2.37. The maximum Gasteiger partial charge on any atom is 0.211 e. The van der Waals surface area contributed by atoms with Crippen LogP contribution in [-0.4, -0.2) is 22.9 Å². The van der Waals surface area contributed by atoms with Gasteiger partial charge in [0, 0.05) is 16.4 Å². The van der Waals surface area contributed by atoms with E-state index in [9.17, 15) is 19.6 Å². The standard InChI is InChI=1S/C11H12FNO4/c1-6-9(5-13(15)16)8-4-7(12)2-3-10(8)17-11(6)14/h2-4,6,9,11,14H,5H2,1H3/t6-,9+,11?/m0/s1. The summed E-state index contributed by atoms with van der Waals surface area (Å²) < 4.78 is 18.3. The first-order valence-corrected chi connectivity index (χ1v) is 5.25. The molecule has 6 heteroatoms. The van der Waals surface area contributed by atoms with Gasteiger partial charge in [-0.3, -0.25) is 10.1 Å². The molecule has 1 aromatic carbocycles. The van der Waals surface area contributed by atoms with E-state index in [4.69, 9.17) is 4.74 Å². The van der Waals surface area contributed by atoms with E-state index in [0.29, 0.717) is 11.3 Å². The second-order valence-electron chi connectivity index (χ2n) is 4.17. The third kappa shape index (κ3) is 2.21. The van der Waals surface area contributed by atoms with Crippen molar-refractivity contribution in [3.05, 3.63) is 39.7 Å². The van der Waals surface area contributed by atoms with Crippen LogP contribution in [0.5, 0.6) is 5.75 Å². The van der Waals surface area contributed by atoms with Crippen LogP contribution >= 0.6 is 0 Å². The lowest BCUT2D eigenvalue weighted by molar-refractivity contribution is -0.486. The minimum absolute atomic E-state index is 0.309. The Balaban J connectivity index is 2.42. The van der Waals surface area contributed by atoms with Gasteiger partial charge < -0.3 is 9.84 Å². The average Bonchev–Trinajstić information content (AvgIpc) is 2.25. The van der Waals surface area contributed by atoms with Gasteiger partial charge in [0.2, 0.25) is 12.8 Å². The number of halogens is 1. The maximum absolute atomic E-state index is 13.1. The topological polar surface area (TPSA) is 72.6 Å². The van der Waals surface area contributed by atoms with Crippen LogP contribution in [0.1, 0.15) is 18.4 Å². The minimum Gasteiger partial charge on any atom is -0.465 e. The third-order valence-corrected chi connectivity index (χ3v) is 3.05. The summed E-state index contributed by atoms with van der Waals surface area (Å²) in [5.41, 5.74) is 0.444. The zero-order chi connectivity index (χ0) is 12.6. The van der Waals surface area contributed by atoms with Gasteiger partial charge in [0.15, 0.2) is 0 Å². The van der Waals surface area contributed by atoms with Crippen LogP contribution in [0, 0.1) is 21.8 Å². The largest absolute Gasteiger partial charge is 0.465 e. The van der Waals surface area contributed by atoms with Crippen molar-refractivity contribution in [3.63, 3.8) is 0 Å². The Hall–Kier alpha value is -1.69. The molecule has 17 heavy (non-hydrogen) atoms. The lowest BCUT2D eigenvalue weighted by Crippen LogP contribution is -2.37. The third-order valence-electron chi connectivity index (χ3n) is 3.05. The zero-order valence-corrected chi connectivity index (χ0v) is 9.17. The molecule has 1 unspecified atom stereocenters. The van der Waals surface area contributed by atoms with Crippen molar-refractivity contribution in [2.24, 2.45) is 5.92 Å². The number of aliphatic hydroxyl groups is 1. The quantitative estimate of drug-likeness (QED) is 0.629. The fourth-order valence-electron chi connectivity index (χ4n) is 2.06. The summed E-state index contributed by atoms with van der Waals surface area (Å²) in [6.45, 7) is 1.30. The molecule has 0 fully saturated rings. The Labute approximate surface area is 97.0 Å². The van der Waals surface area contributed by atoms with Gasteiger partial charge in [0.1, 0.15) is 11.6 Å². The molecule has 0 aromatic heterocycles. The summed E-state index contributed by atoms with van der Waals surface area (Å²) in [5, 5.41) is 20.2. The lowest BCUT2D eigenvalue weighted by Gasteiger charge is -2.33. The number of hydrogen-bond acceptors (Lipinski definition) is 4. The predicted molar refractivity (Wildman–Crippen MR) is 56.8 cm³/mol. The average molecular weight is 241 g/mol. The van der Waals surface area contributed by atoms with E-state index in [1.54, 1.807) is 6.92 Å². The number of benzene rings is 1. The number of ether oxygens (including phenoxy) is 1. The van der Waals surface area contributed by atoms with Gasteiger partial charge in [-0.05, 0) is 18.2 Å². The number of hydrogen-bond donors (Lipinski definition) is 1. The van der Waals surface area contributed by atoms with E-state index in [0.717, 1.165) is 0 Å². The normalized spacial score (nSPS) is 27.1. The fourth-order valence-corrected chi connectivity index (χ4v) is 2.06. The van der Waals surface area contributed by atoms with Crippen LogP contribution in [0.25, 0.3) is 0 Å². The molecule has 1 aromatic rings. The highest BCUT2D eigenvalue weighted by molar-refractivity contribution is 5.39. The summed E-state index contributed by atoms with van der Waals surface area (Å²) >= 11 is 0. The number of rotatable bonds is 2. The van der Waals surface area contributed by atoms with E-state index in [2.05, 4.69) is 0 Å². The van der Waals surface area contributed by atoms with Gasteiger partial charge in [-0.15, -0.1) is 0 Å². The Morgan fingerprint density at radius 1 is 1.59 bits per heavy atom. The first-order valence-electron chi connectivity index (χ1n) is 5.25. The molecule has 0 aliphatic carbocycles. The molecule has 0 amide bonds. The Morgan fingerprint density at radius 2 is 2.29 bits per heavy atom. The van der Waals surface area contributed by atoms with Crippen molar-refractivity contribution in [2.75, 3.05) is 6.54 Å². The SMILES string of the molecule is C[C@@H]1C(O)Oc2ccc(F)cc2[C@@H]1C[N+](=O)[O-]. The van der Waals surface area contributed by atoms with Gasteiger partial charge in [-0.2, -0.15) is 0 Å². The molecule has 1 aliphatic heterocycles. The second kappa shape index (κ2) is 4.29. The molecule has 92 valence electrons. The van der Waals surface area contributed by atoms with Gasteiger partial charge in [-0.25, -0.2) is 4.39 Å².